The molecule has 3 nitrogen and oxygen atoms in total. The third kappa shape index (κ3) is 4.14. The minimum Gasteiger partial charge on any atom is -0.349 e. The zero-order valence-electron chi connectivity index (χ0n) is 12.6. The second-order valence-corrected chi connectivity index (χ2v) is 5.02. The fraction of sp³-hybridized carbons (Fsp3) is 0.533. The molecule has 0 saturated carbocycles. The number of hydrogen-bond acceptors (Lipinski definition) is 2. The van der Waals surface area contributed by atoms with Gasteiger partial charge in [0.25, 0.3) is 0 Å². The maximum Gasteiger partial charge on any atom is 0.227 e. The Morgan fingerprint density at radius 1 is 1.29 bits per heavy atom. The predicted molar refractivity (Wildman–Crippen MR) is 82.2 cm³/mol. The standard InChI is InChI=1S/C15H22F2N2O.ClH/c1-4-15(5-2,9-18)14(20)19-10(3)13-11(16)7-6-8-12(13)17;/h6-8,10H,4-5,9,18H2,1-3H3,(H,19,20);1H. The van der Waals surface area contributed by atoms with Gasteiger partial charge >= 0.3 is 0 Å². The van der Waals surface area contributed by atoms with E-state index in [2.05, 4.69) is 5.32 Å². The van der Waals surface area contributed by atoms with E-state index in [9.17, 15) is 13.6 Å². The van der Waals surface area contributed by atoms with E-state index in [1.54, 1.807) is 6.92 Å². The second kappa shape index (κ2) is 8.29. The number of halogens is 3. The third-order valence-corrected chi connectivity index (χ3v) is 4.01. The molecule has 0 radical (unpaired) electrons. The lowest BCUT2D eigenvalue weighted by molar-refractivity contribution is -0.131. The maximum atomic E-state index is 13.7. The van der Waals surface area contributed by atoms with Crippen molar-refractivity contribution in [1.29, 1.82) is 0 Å². The zero-order chi connectivity index (χ0) is 15.3. The summed E-state index contributed by atoms with van der Waals surface area (Å²) in [5, 5.41) is 2.67. The van der Waals surface area contributed by atoms with Crippen molar-refractivity contribution in [1.82, 2.24) is 5.32 Å². The number of hydrogen-bond donors (Lipinski definition) is 2. The highest BCUT2D eigenvalue weighted by molar-refractivity contribution is 5.85. The van der Waals surface area contributed by atoms with Crippen LogP contribution in [0.3, 0.4) is 0 Å². The SMILES string of the molecule is CCC(CC)(CN)C(=O)NC(C)c1c(F)cccc1F.Cl. The van der Waals surface area contributed by atoms with Crippen molar-refractivity contribution in [2.75, 3.05) is 6.54 Å². The van der Waals surface area contributed by atoms with Gasteiger partial charge in [-0.25, -0.2) is 8.78 Å². The zero-order valence-corrected chi connectivity index (χ0v) is 13.4. The first-order valence-corrected chi connectivity index (χ1v) is 6.86. The molecule has 0 saturated heterocycles. The Labute approximate surface area is 130 Å². The normalized spacial score (nSPS) is 12.5. The van der Waals surface area contributed by atoms with Crippen LogP contribution in [0.25, 0.3) is 0 Å². The maximum absolute atomic E-state index is 13.7. The van der Waals surface area contributed by atoms with Crippen LogP contribution in [0.5, 0.6) is 0 Å². The summed E-state index contributed by atoms with van der Waals surface area (Å²) in [6.07, 6.45) is 1.16. The molecular weight excluding hydrogens is 298 g/mol. The smallest absolute Gasteiger partial charge is 0.227 e. The van der Waals surface area contributed by atoms with Gasteiger partial charge < -0.3 is 11.1 Å². The van der Waals surface area contributed by atoms with E-state index in [1.165, 1.54) is 18.2 Å². The van der Waals surface area contributed by atoms with Crippen molar-refractivity contribution in [2.24, 2.45) is 11.1 Å². The molecule has 6 heteroatoms. The van der Waals surface area contributed by atoms with Crippen LogP contribution in [0.2, 0.25) is 0 Å². The quantitative estimate of drug-likeness (QED) is 0.844. The van der Waals surface area contributed by atoms with Crippen LogP contribution in [0, 0.1) is 17.0 Å². The molecule has 0 bridgehead atoms. The molecule has 0 aliphatic carbocycles. The molecule has 21 heavy (non-hydrogen) atoms. The summed E-state index contributed by atoms with van der Waals surface area (Å²) in [7, 11) is 0. The molecular formula is C15H23ClF2N2O. The van der Waals surface area contributed by atoms with Gasteiger partial charge in [0.15, 0.2) is 0 Å². The molecule has 0 aromatic heterocycles. The Kier molecular flexibility index (Phi) is 7.82. The van der Waals surface area contributed by atoms with Crippen molar-refractivity contribution < 1.29 is 13.6 Å². The highest BCUT2D eigenvalue weighted by atomic mass is 35.5. The molecule has 3 N–H and O–H groups in total. The first-order chi connectivity index (χ1) is 9.41. The monoisotopic (exact) mass is 320 g/mol. The van der Waals surface area contributed by atoms with Crippen LogP contribution in [0.15, 0.2) is 18.2 Å². The van der Waals surface area contributed by atoms with E-state index in [0.29, 0.717) is 12.8 Å². The minimum atomic E-state index is -0.743. The van der Waals surface area contributed by atoms with Crippen molar-refractivity contribution in [3.05, 3.63) is 35.4 Å². The molecule has 0 aliphatic rings. The molecule has 1 aromatic rings. The predicted octanol–water partition coefficient (Wildman–Crippen LogP) is 3.33. The first kappa shape index (κ1) is 19.8. The Morgan fingerprint density at radius 2 is 1.76 bits per heavy atom. The summed E-state index contributed by atoms with van der Waals surface area (Å²) < 4.78 is 27.4. The van der Waals surface area contributed by atoms with Crippen LogP contribution in [-0.4, -0.2) is 12.5 Å². The highest BCUT2D eigenvalue weighted by Crippen LogP contribution is 2.27. The number of benzene rings is 1. The van der Waals surface area contributed by atoms with E-state index in [1.807, 2.05) is 13.8 Å². The Hall–Kier alpha value is -1.20. The molecule has 0 heterocycles. The van der Waals surface area contributed by atoms with Gasteiger partial charge in [-0.1, -0.05) is 19.9 Å². The Morgan fingerprint density at radius 3 is 2.14 bits per heavy atom. The number of rotatable bonds is 6. The van der Waals surface area contributed by atoms with Gasteiger partial charge in [0.1, 0.15) is 11.6 Å². The highest BCUT2D eigenvalue weighted by Gasteiger charge is 2.34. The second-order valence-electron chi connectivity index (χ2n) is 5.02. The summed E-state index contributed by atoms with van der Waals surface area (Å²) in [6, 6.07) is 2.91. The summed E-state index contributed by atoms with van der Waals surface area (Å²) in [6.45, 7) is 5.53. The Bertz CT molecular complexity index is 450. The van der Waals surface area contributed by atoms with Crippen molar-refractivity contribution in [2.45, 2.75) is 39.7 Å². The van der Waals surface area contributed by atoms with Gasteiger partial charge in [0.05, 0.1) is 11.5 Å². The molecule has 0 aliphatic heterocycles. The molecule has 1 rings (SSSR count). The van der Waals surface area contributed by atoms with Crippen LogP contribution in [-0.2, 0) is 4.79 Å². The van der Waals surface area contributed by atoms with Crippen molar-refractivity contribution >= 4 is 18.3 Å². The van der Waals surface area contributed by atoms with E-state index in [-0.39, 0.29) is 30.4 Å². The number of carbonyl (C=O) groups is 1. The summed E-state index contributed by atoms with van der Waals surface area (Å²) in [4.78, 5) is 12.3. The third-order valence-electron chi connectivity index (χ3n) is 4.01. The lowest BCUT2D eigenvalue weighted by atomic mass is 9.81. The number of nitrogens with two attached hydrogens (primary N) is 1. The van der Waals surface area contributed by atoms with Crippen molar-refractivity contribution in [3.63, 3.8) is 0 Å². The lowest BCUT2D eigenvalue weighted by Crippen LogP contribution is -2.46. The van der Waals surface area contributed by atoms with E-state index < -0.39 is 23.1 Å². The number of carbonyl (C=O) groups excluding carboxylic acids is 1. The molecule has 0 spiro atoms. The van der Waals surface area contributed by atoms with E-state index in [0.717, 1.165) is 0 Å². The molecule has 1 atom stereocenters. The molecule has 0 fully saturated rings. The van der Waals surface area contributed by atoms with Gasteiger partial charge in [-0.15, -0.1) is 12.4 Å². The van der Waals surface area contributed by atoms with Gasteiger partial charge in [-0.2, -0.15) is 0 Å². The van der Waals surface area contributed by atoms with Crippen molar-refractivity contribution in [3.8, 4) is 0 Å². The molecule has 1 unspecified atom stereocenters. The average molecular weight is 321 g/mol. The fourth-order valence-corrected chi connectivity index (χ4v) is 2.30. The van der Waals surface area contributed by atoms with E-state index in [4.69, 9.17) is 5.73 Å². The van der Waals surface area contributed by atoms with Gasteiger partial charge in [0, 0.05) is 12.1 Å². The Balaban J connectivity index is 0.00000400. The van der Waals surface area contributed by atoms with Crippen LogP contribution in [0.4, 0.5) is 8.78 Å². The largest absolute Gasteiger partial charge is 0.349 e. The first-order valence-electron chi connectivity index (χ1n) is 6.86. The number of amides is 1. The van der Waals surface area contributed by atoms with Crippen LogP contribution >= 0.6 is 12.4 Å². The summed E-state index contributed by atoms with van der Waals surface area (Å²) >= 11 is 0. The minimum absolute atomic E-state index is 0. The molecule has 1 amide bonds. The van der Waals surface area contributed by atoms with E-state index >= 15 is 0 Å². The molecule has 1 aromatic carbocycles. The number of nitrogens with one attached hydrogen (secondary N) is 1. The summed E-state index contributed by atoms with van der Waals surface area (Å²) in [5.74, 6) is -1.59. The topological polar surface area (TPSA) is 55.1 Å². The van der Waals surface area contributed by atoms with Crippen LogP contribution < -0.4 is 11.1 Å². The van der Waals surface area contributed by atoms with Gasteiger partial charge in [-0.3, -0.25) is 4.79 Å². The average Bonchev–Trinajstić information content (AvgIpc) is 2.41. The van der Waals surface area contributed by atoms with Crippen LogP contribution in [0.1, 0.15) is 45.2 Å². The van der Waals surface area contributed by atoms with Gasteiger partial charge in [0.2, 0.25) is 5.91 Å². The summed E-state index contributed by atoms with van der Waals surface area (Å²) in [5.41, 5.74) is 4.88. The molecule has 120 valence electrons. The van der Waals surface area contributed by atoms with Gasteiger partial charge in [-0.05, 0) is 31.9 Å². The fourth-order valence-electron chi connectivity index (χ4n) is 2.30. The lowest BCUT2D eigenvalue weighted by Gasteiger charge is -2.30.